The van der Waals surface area contributed by atoms with Gasteiger partial charge in [-0.3, -0.25) is 14.4 Å². The van der Waals surface area contributed by atoms with Crippen molar-refractivity contribution < 1.29 is 53.4 Å². The molecule has 1 aliphatic rings. The van der Waals surface area contributed by atoms with E-state index in [2.05, 4.69) is 60.8 Å². The van der Waals surface area contributed by atoms with Crippen LogP contribution in [0.2, 0.25) is 5.02 Å². The summed E-state index contributed by atoms with van der Waals surface area (Å²) in [6, 6.07) is 36.7. The third kappa shape index (κ3) is 14.8. The van der Waals surface area contributed by atoms with Crippen molar-refractivity contribution in [1.82, 2.24) is 55.5 Å². The van der Waals surface area contributed by atoms with Gasteiger partial charge in [0.1, 0.15) is 22.4 Å². The van der Waals surface area contributed by atoms with Gasteiger partial charge in [0.2, 0.25) is 0 Å². The number of rotatable bonds is 16. The molecule has 0 spiro atoms. The monoisotopic (exact) mass is 1420 g/mol. The van der Waals surface area contributed by atoms with E-state index in [-0.39, 0.29) is 42.9 Å². The second-order valence-electron chi connectivity index (χ2n) is 24.4. The summed E-state index contributed by atoms with van der Waals surface area (Å²) in [4.78, 5) is 75.2. The molecule has 0 radical (unpaired) electrons. The van der Waals surface area contributed by atoms with Gasteiger partial charge in [-0.2, -0.15) is 0 Å². The zero-order valence-corrected chi connectivity index (χ0v) is 58.0. The minimum Gasteiger partial charge on any atom is -0.390 e. The number of aliphatic hydroxyl groups excluding tert-OH is 1. The van der Waals surface area contributed by atoms with Crippen molar-refractivity contribution in [1.29, 1.82) is 0 Å². The maximum absolute atomic E-state index is 13.8. The van der Waals surface area contributed by atoms with E-state index in [4.69, 9.17) is 11.6 Å². The molecule has 6 heterocycles. The molecule has 0 saturated heterocycles. The van der Waals surface area contributed by atoms with Gasteiger partial charge in [0.25, 0.3) is 17.7 Å². The van der Waals surface area contributed by atoms with Gasteiger partial charge in [-0.1, -0.05) is 96.5 Å². The molecule has 7 N–H and O–H groups in total. The molecule has 2 atom stereocenters. The average molecular weight is 1420 g/mol. The van der Waals surface area contributed by atoms with Gasteiger partial charge in [-0.15, -0.1) is 0 Å². The fraction of sp³-hybridized carbons (Fsp3) is 0.208. The summed E-state index contributed by atoms with van der Waals surface area (Å²) < 4.78 is 87.9. The van der Waals surface area contributed by atoms with Crippen LogP contribution < -0.4 is 16.0 Å². The number of H-pyrrole nitrogens is 3. The fourth-order valence-electron chi connectivity index (χ4n) is 10.8. The molecule has 22 nitrogen and oxygen atoms in total. The van der Waals surface area contributed by atoms with E-state index in [1.807, 2.05) is 49.4 Å². The first-order valence-electron chi connectivity index (χ1n) is 31.3. The number of nitrogens with zero attached hydrogens (tertiary/aromatic N) is 6. The number of hydrogen-bond donors (Lipinski definition) is 7. The first kappa shape index (κ1) is 70.0. The molecule has 0 saturated carbocycles. The summed E-state index contributed by atoms with van der Waals surface area (Å²) >= 11 is 6.32. The predicted octanol–water partition coefficient (Wildman–Crippen LogP) is 13.1. The number of carbonyl (C=O) groups excluding carboxylic acids is 3. The SMILES string of the molecule is CC(C)S(=O)(=O)c1ccc(-c2cnc3[nH]cc(C(=O)N[C@@H]4c5ccccc5C[C@@H]4O)c3n2)cc1.Cc1ccc(NC(=O)c2c[nH]c3ncc(-c4ccc(S(=O)(=O)C(C)C)cc4)nc23)cc1F.Cc1cccc(CNC(=O)c2c[nH]c3ncc(-c4ccc(S(=O)(=O)C(C)C)cc4)nc23)c1Cl.[HH].[HH].[HH]. The highest BCUT2D eigenvalue weighted by Crippen LogP contribution is 2.33. The Bertz CT molecular complexity index is 5450. The van der Waals surface area contributed by atoms with Crippen molar-refractivity contribution >= 4 is 98.0 Å². The van der Waals surface area contributed by atoms with Crippen LogP contribution in [-0.2, 0) is 42.5 Å². The number of hydrogen-bond acceptors (Lipinski definition) is 16. The molecule has 13 rings (SSSR count). The maximum Gasteiger partial charge on any atom is 0.259 e. The molecular weight excluding hydrogens is 1340 g/mol. The largest absolute Gasteiger partial charge is 0.390 e. The number of nitrogens with one attached hydrogen (secondary N) is 6. The van der Waals surface area contributed by atoms with Crippen LogP contribution in [0.3, 0.4) is 0 Å². The van der Waals surface area contributed by atoms with E-state index in [1.54, 1.807) is 152 Å². The molecule has 0 fully saturated rings. The lowest BCUT2D eigenvalue weighted by Crippen LogP contribution is -2.33. The minimum atomic E-state index is -3.38. The van der Waals surface area contributed by atoms with Gasteiger partial charge in [-0.25, -0.2) is 59.5 Å². The molecule has 27 heteroatoms. The number of benzene rings is 6. The lowest BCUT2D eigenvalue weighted by Gasteiger charge is -2.17. The normalized spacial score (nSPS) is 13.8. The maximum atomic E-state index is 13.8. The fourth-order valence-corrected chi connectivity index (χ4v) is 14.2. The van der Waals surface area contributed by atoms with Crippen molar-refractivity contribution in [3.8, 4) is 33.8 Å². The van der Waals surface area contributed by atoms with E-state index in [0.717, 1.165) is 22.3 Å². The van der Waals surface area contributed by atoms with Gasteiger partial charge in [0.15, 0.2) is 46.5 Å². The smallest absolute Gasteiger partial charge is 0.259 e. The van der Waals surface area contributed by atoms with Gasteiger partial charge >= 0.3 is 0 Å². The molecule has 0 aliphatic heterocycles. The number of amides is 3. The van der Waals surface area contributed by atoms with Crippen LogP contribution >= 0.6 is 11.6 Å². The van der Waals surface area contributed by atoms with Crippen LogP contribution in [0, 0.1) is 19.7 Å². The molecule has 6 aromatic heterocycles. The standard InChI is InChI=1S/C25H24N4O4S.C24H23ClN4O3S.C23H21FN4O3S.3H2/c1-14(2)34(32,33)17-9-7-15(8-10-17)20-13-27-24-23(28-20)19(12-26-24)25(31)29-22-18-6-4-3-5-16(18)11-21(22)30;1-14(2)33(31,32)18-9-7-16(8-10-18)20-13-27-23-22(29-20)19(12-26-23)24(30)28-11-17-6-4-5-15(3)21(17)25;1-13(2)32(30,31)17-8-5-15(6-9-17)20-12-26-22-21(28-20)18(11-25-22)23(29)27-16-7-4-14(3)19(24)10-16;;;/h3-10,12-14,21-22,30H,11H2,1-2H3,(H,26,27)(H,29,31);4-10,12-14H,11H2,1-3H3,(H,26,27)(H,28,30);4-13H,1-3H3,(H,25,26)(H,27,29);3*1H/t21-,22+;;;;;/m0...../s1. The molecular formula is C72H74ClFN12O10S3. The Hall–Kier alpha value is -10.4. The molecule has 514 valence electrons. The number of aromatic amines is 3. The van der Waals surface area contributed by atoms with E-state index < -0.39 is 69.1 Å². The van der Waals surface area contributed by atoms with Gasteiger partial charge < -0.3 is 36.0 Å². The number of fused-ring (bicyclic) bond motifs is 4. The topological polar surface area (TPSA) is 335 Å². The first-order chi connectivity index (χ1) is 47.1. The highest BCUT2D eigenvalue weighted by molar-refractivity contribution is 7.92. The number of aromatic nitrogens is 9. The summed E-state index contributed by atoms with van der Waals surface area (Å²) in [5.74, 6) is -1.53. The van der Waals surface area contributed by atoms with Crippen molar-refractivity contribution in [2.75, 3.05) is 5.32 Å². The van der Waals surface area contributed by atoms with Crippen molar-refractivity contribution in [3.05, 3.63) is 226 Å². The van der Waals surface area contributed by atoms with E-state index in [1.165, 1.54) is 24.4 Å². The summed E-state index contributed by atoms with van der Waals surface area (Å²) in [6.45, 7) is 13.7. The average Bonchev–Trinajstić information content (AvgIpc) is 1.66. The summed E-state index contributed by atoms with van der Waals surface area (Å²) in [5.41, 5.74) is 11.6. The predicted molar refractivity (Wildman–Crippen MR) is 384 cm³/mol. The molecule has 0 bridgehead atoms. The Morgan fingerprint density at radius 2 is 0.980 bits per heavy atom. The minimum absolute atomic E-state index is 0. The Kier molecular flexibility index (Phi) is 20.2. The van der Waals surface area contributed by atoms with E-state index in [9.17, 15) is 49.1 Å². The number of carbonyl (C=O) groups is 3. The molecule has 1 aliphatic carbocycles. The molecule has 12 aromatic rings. The zero-order chi connectivity index (χ0) is 70.8. The number of aliphatic hydroxyl groups is 1. The molecule has 3 amide bonds. The van der Waals surface area contributed by atoms with Crippen molar-refractivity contribution in [2.45, 2.75) is 111 Å². The second kappa shape index (κ2) is 28.6. The number of sulfone groups is 3. The first-order valence-corrected chi connectivity index (χ1v) is 36.3. The zero-order valence-electron chi connectivity index (χ0n) is 54.8. The van der Waals surface area contributed by atoms with Crippen LogP contribution in [0.4, 0.5) is 10.1 Å². The van der Waals surface area contributed by atoms with Gasteiger partial charge in [-0.05, 0) is 132 Å². The van der Waals surface area contributed by atoms with Crippen LogP contribution in [0.1, 0.15) is 111 Å². The summed E-state index contributed by atoms with van der Waals surface area (Å²) in [5, 5.41) is 18.0. The Morgan fingerprint density at radius 1 is 0.556 bits per heavy atom. The third-order valence-corrected chi connectivity index (χ3v) is 23.9. The number of aryl methyl sites for hydroxylation is 2. The lowest BCUT2D eigenvalue weighted by atomic mass is 10.1. The van der Waals surface area contributed by atoms with E-state index >= 15 is 0 Å². The highest BCUT2D eigenvalue weighted by atomic mass is 35.5. The van der Waals surface area contributed by atoms with Gasteiger partial charge in [0.05, 0.1) is 94.9 Å². The quantitative estimate of drug-likeness (QED) is 0.0473. The van der Waals surface area contributed by atoms with E-state index in [0.29, 0.717) is 101 Å². The summed E-state index contributed by atoms with van der Waals surface area (Å²) in [6.07, 6.45) is 9.10. The summed E-state index contributed by atoms with van der Waals surface area (Å²) in [7, 11) is -10.1. The third-order valence-electron chi connectivity index (χ3n) is 16.8. The van der Waals surface area contributed by atoms with Crippen LogP contribution in [0.25, 0.3) is 67.3 Å². The number of anilines is 1. The van der Waals surface area contributed by atoms with Crippen molar-refractivity contribution in [2.24, 2.45) is 0 Å². The van der Waals surface area contributed by atoms with Gasteiger partial charge in [0, 0.05) is 63.2 Å². The van der Waals surface area contributed by atoms with Crippen LogP contribution in [-0.4, -0.2) is 115 Å². The highest BCUT2D eigenvalue weighted by Gasteiger charge is 2.33. The number of halogens is 2. The second-order valence-corrected chi connectivity index (χ2v) is 32.3. The van der Waals surface area contributed by atoms with Crippen molar-refractivity contribution in [3.63, 3.8) is 0 Å². The Labute approximate surface area is 579 Å². The molecule has 0 unspecified atom stereocenters. The Morgan fingerprint density at radius 3 is 1.41 bits per heavy atom. The molecule has 99 heavy (non-hydrogen) atoms. The lowest BCUT2D eigenvalue weighted by molar-refractivity contribution is 0.0859. The van der Waals surface area contributed by atoms with Crippen LogP contribution in [0.5, 0.6) is 0 Å². The molecule has 6 aromatic carbocycles. The van der Waals surface area contributed by atoms with Crippen LogP contribution in [0.15, 0.2) is 185 Å². The Balaban J connectivity index is 0.000000191.